The first kappa shape index (κ1) is 9.94. The molecular weight excluding hydrogens is 148 g/mol. The lowest BCUT2D eigenvalue weighted by molar-refractivity contribution is 0.572. The lowest BCUT2D eigenvalue weighted by Crippen LogP contribution is -2.39. The van der Waals surface area contributed by atoms with E-state index in [1.54, 1.807) is 18.4 Å². The SMILES string of the molecule is C=S(=O)(NC(C)C)N(C)C. The minimum absolute atomic E-state index is 0.201. The lowest BCUT2D eigenvalue weighted by atomic mass is 10.4. The summed E-state index contributed by atoms with van der Waals surface area (Å²) in [5.74, 6) is 3.55. The number of nitrogens with zero attached hydrogens (tertiary/aromatic N) is 1. The Bertz CT molecular complexity index is 182. The van der Waals surface area contributed by atoms with Gasteiger partial charge in [0.05, 0.1) is 9.89 Å². The Labute approximate surface area is 63.7 Å². The van der Waals surface area contributed by atoms with Crippen LogP contribution in [0, 0.1) is 0 Å². The van der Waals surface area contributed by atoms with Gasteiger partial charge in [-0.05, 0) is 19.7 Å². The van der Waals surface area contributed by atoms with Crippen molar-refractivity contribution in [3.63, 3.8) is 0 Å². The lowest BCUT2D eigenvalue weighted by Gasteiger charge is -2.19. The third-order valence-corrected chi connectivity index (χ3v) is 3.03. The maximum atomic E-state index is 11.4. The highest BCUT2D eigenvalue weighted by molar-refractivity contribution is 7.96. The molecule has 0 bridgehead atoms. The van der Waals surface area contributed by atoms with Crippen molar-refractivity contribution in [2.75, 3.05) is 14.1 Å². The number of hydrogen-bond acceptors (Lipinski definition) is 1. The number of hydrogen-bond donors (Lipinski definition) is 1. The molecule has 0 heterocycles. The van der Waals surface area contributed by atoms with Gasteiger partial charge in [0, 0.05) is 20.1 Å². The van der Waals surface area contributed by atoms with E-state index in [0.29, 0.717) is 0 Å². The molecule has 0 fully saturated rings. The Morgan fingerprint density at radius 1 is 1.50 bits per heavy atom. The van der Waals surface area contributed by atoms with Gasteiger partial charge in [0.2, 0.25) is 0 Å². The zero-order chi connectivity index (χ0) is 8.36. The van der Waals surface area contributed by atoms with Gasteiger partial charge in [-0.3, -0.25) is 0 Å². The molecule has 4 heteroatoms. The quantitative estimate of drug-likeness (QED) is 0.589. The molecule has 0 saturated carbocycles. The molecule has 0 radical (unpaired) electrons. The summed E-state index contributed by atoms with van der Waals surface area (Å²) in [4.78, 5) is 0. The molecule has 0 aliphatic carbocycles. The molecule has 0 aromatic carbocycles. The second kappa shape index (κ2) is 3.37. The zero-order valence-electron chi connectivity index (χ0n) is 7.05. The first-order valence-electron chi connectivity index (χ1n) is 3.18. The predicted octanol–water partition coefficient (Wildman–Crippen LogP) is 0.0924. The molecule has 0 aliphatic rings. The van der Waals surface area contributed by atoms with Crippen LogP contribution in [0.5, 0.6) is 0 Å². The Morgan fingerprint density at radius 3 is 2.00 bits per heavy atom. The summed E-state index contributed by atoms with van der Waals surface area (Å²) in [7, 11) is 1.27. The summed E-state index contributed by atoms with van der Waals surface area (Å²) in [6.07, 6.45) is 0. The van der Waals surface area contributed by atoms with Crippen LogP contribution in [0.4, 0.5) is 0 Å². The van der Waals surface area contributed by atoms with Crippen molar-refractivity contribution in [2.45, 2.75) is 19.9 Å². The van der Waals surface area contributed by atoms with E-state index < -0.39 is 9.89 Å². The summed E-state index contributed by atoms with van der Waals surface area (Å²) in [6, 6.07) is 0.201. The molecule has 0 spiro atoms. The Kier molecular flexibility index (Phi) is 3.35. The summed E-state index contributed by atoms with van der Waals surface area (Å²) in [5, 5.41) is 0. The van der Waals surface area contributed by atoms with Crippen molar-refractivity contribution in [2.24, 2.45) is 0 Å². The molecule has 0 aliphatic heterocycles. The maximum Gasteiger partial charge on any atom is 0.0874 e. The zero-order valence-corrected chi connectivity index (χ0v) is 7.86. The summed E-state index contributed by atoms with van der Waals surface area (Å²) >= 11 is 0. The van der Waals surface area contributed by atoms with E-state index >= 15 is 0 Å². The normalized spacial score (nSPS) is 17.8. The molecule has 1 N–H and O–H groups in total. The molecular formula is C6H16N2OS. The second-order valence-electron chi connectivity index (χ2n) is 2.73. The largest absolute Gasteiger partial charge is 0.237 e. The van der Waals surface area contributed by atoms with Crippen molar-refractivity contribution in [3.05, 3.63) is 0 Å². The molecule has 0 aromatic heterocycles. The molecule has 0 saturated heterocycles. The van der Waals surface area contributed by atoms with Gasteiger partial charge in [0.25, 0.3) is 0 Å². The first-order valence-corrected chi connectivity index (χ1v) is 4.86. The standard InChI is InChI=1S/C6H16N2OS/c1-6(2)7-10(5,9)8(3)4/h6H,5H2,1-4H3,(H,7,9). The van der Waals surface area contributed by atoms with Crippen LogP contribution in [0.1, 0.15) is 13.8 Å². The van der Waals surface area contributed by atoms with E-state index in [9.17, 15) is 4.21 Å². The smallest absolute Gasteiger partial charge is 0.0874 e. The monoisotopic (exact) mass is 164 g/mol. The van der Waals surface area contributed by atoms with E-state index in [1.807, 2.05) is 13.8 Å². The molecule has 3 nitrogen and oxygen atoms in total. The minimum atomic E-state index is -2.21. The van der Waals surface area contributed by atoms with Gasteiger partial charge in [-0.2, -0.15) is 0 Å². The highest BCUT2D eigenvalue weighted by Gasteiger charge is 2.06. The van der Waals surface area contributed by atoms with Crippen LogP contribution >= 0.6 is 0 Å². The van der Waals surface area contributed by atoms with Crippen molar-refractivity contribution < 1.29 is 4.21 Å². The average molecular weight is 164 g/mol. The van der Waals surface area contributed by atoms with Crippen LogP contribution in [0.2, 0.25) is 0 Å². The van der Waals surface area contributed by atoms with Crippen LogP contribution in [-0.4, -0.2) is 34.5 Å². The maximum absolute atomic E-state index is 11.4. The molecule has 1 unspecified atom stereocenters. The number of nitrogens with one attached hydrogen (secondary N) is 1. The van der Waals surface area contributed by atoms with Crippen LogP contribution in [0.15, 0.2) is 0 Å². The van der Waals surface area contributed by atoms with Crippen molar-refractivity contribution in [1.29, 1.82) is 0 Å². The van der Waals surface area contributed by atoms with Crippen LogP contribution in [-0.2, 0) is 9.89 Å². The number of rotatable bonds is 3. The minimum Gasteiger partial charge on any atom is -0.237 e. The Hall–Kier alpha value is -0.0600. The highest BCUT2D eigenvalue weighted by Crippen LogP contribution is 1.90. The van der Waals surface area contributed by atoms with Crippen molar-refractivity contribution >= 4 is 15.8 Å². The average Bonchev–Trinajstić information content (AvgIpc) is 1.60. The Balaban J connectivity index is 4.16. The summed E-state index contributed by atoms with van der Waals surface area (Å²) in [6.45, 7) is 3.88. The van der Waals surface area contributed by atoms with E-state index in [4.69, 9.17) is 0 Å². The van der Waals surface area contributed by atoms with E-state index in [0.717, 1.165) is 0 Å². The predicted molar refractivity (Wildman–Crippen MR) is 47.2 cm³/mol. The van der Waals surface area contributed by atoms with Crippen LogP contribution < -0.4 is 4.72 Å². The van der Waals surface area contributed by atoms with Gasteiger partial charge in [-0.25, -0.2) is 13.2 Å². The van der Waals surface area contributed by atoms with E-state index in [-0.39, 0.29) is 6.04 Å². The highest BCUT2D eigenvalue weighted by atomic mass is 32.2. The van der Waals surface area contributed by atoms with Gasteiger partial charge in [-0.15, -0.1) is 0 Å². The fourth-order valence-electron chi connectivity index (χ4n) is 0.474. The third kappa shape index (κ3) is 3.20. The van der Waals surface area contributed by atoms with Gasteiger partial charge >= 0.3 is 0 Å². The fourth-order valence-corrected chi connectivity index (χ4v) is 1.42. The van der Waals surface area contributed by atoms with Crippen molar-refractivity contribution in [3.8, 4) is 0 Å². The topological polar surface area (TPSA) is 32.3 Å². The third-order valence-electron chi connectivity index (χ3n) is 1.01. The molecule has 0 amide bonds. The summed E-state index contributed by atoms with van der Waals surface area (Å²) < 4.78 is 15.9. The van der Waals surface area contributed by atoms with Crippen molar-refractivity contribution in [1.82, 2.24) is 9.03 Å². The molecule has 10 heavy (non-hydrogen) atoms. The molecule has 0 rings (SSSR count). The molecule has 0 aromatic rings. The summed E-state index contributed by atoms with van der Waals surface area (Å²) in [5.41, 5.74) is 0. The van der Waals surface area contributed by atoms with Gasteiger partial charge < -0.3 is 0 Å². The van der Waals surface area contributed by atoms with Crippen LogP contribution in [0.3, 0.4) is 0 Å². The fraction of sp³-hybridized carbons (Fsp3) is 0.833. The first-order chi connectivity index (χ1) is 4.36. The van der Waals surface area contributed by atoms with E-state index in [2.05, 4.69) is 10.6 Å². The molecule has 1 atom stereocenters. The van der Waals surface area contributed by atoms with Gasteiger partial charge in [-0.1, -0.05) is 0 Å². The Morgan fingerprint density at radius 2 is 1.90 bits per heavy atom. The van der Waals surface area contributed by atoms with Crippen LogP contribution in [0.25, 0.3) is 0 Å². The van der Waals surface area contributed by atoms with E-state index in [1.165, 1.54) is 0 Å². The van der Waals surface area contributed by atoms with Gasteiger partial charge in [0.15, 0.2) is 0 Å². The van der Waals surface area contributed by atoms with Gasteiger partial charge in [0.1, 0.15) is 0 Å². The molecule has 62 valence electrons. The second-order valence-corrected chi connectivity index (χ2v) is 4.97.